The lowest BCUT2D eigenvalue weighted by Crippen LogP contribution is -2.30. The van der Waals surface area contributed by atoms with Crippen LogP contribution in [-0.4, -0.2) is 48.8 Å². The van der Waals surface area contributed by atoms with Crippen molar-refractivity contribution in [3.05, 3.63) is 28.3 Å². The van der Waals surface area contributed by atoms with Crippen molar-refractivity contribution in [1.29, 1.82) is 0 Å². The number of hydroxylamine groups is 1. The van der Waals surface area contributed by atoms with Crippen LogP contribution in [0.3, 0.4) is 0 Å². The smallest absolute Gasteiger partial charge is 0.291 e. The molecule has 1 rings (SSSR count). The Morgan fingerprint density at radius 2 is 2.09 bits per heavy atom. The summed E-state index contributed by atoms with van der Waals surface area (Å²) in [6.07, 6.45) is 0. The molecule has 1 aromatic rings. The van der Waals surface area contributed by atoms with Gasteiger partial charge in [-0.15, -0.1) is 10.1 Å². The van der Waals surface area contributed by atoms with Gasteiger partial charge in [-0.2, -0.15) is 0 Å². The van der Waals surface area contributed by atoms with Crippen molar-refractivity contribution in [2.45, 2.75) is 0 Å². The third-order valence-electron chi connectivity index (χ3n) is 1.95. The molecular formula is C11H18N4O7. The van der Waals surface area contributed by atoms with E-state index >= 15 is 0 Å². The standard InChI is InChI=1S/C11H17N3O4.HNO3/c1-16-10-7-8(13-11(12)14-17-2)3-4-9(10)18-6-5-15;2-1(3)4/h3-4,7,15H,5-6H2,1-2H3,(H3,12,13,14);(H,2,3,4). The quantitative estimate of drug-likeness (QED) is 0.241. The van der Waals surface area contributed by atoms with Crippen LogP contribution >= 0.6 is 0 Å². The molecule has 22 heavy (non-hydrogen) atoms. The van der Waals surface area contributed by atoms with E-state index in [1.54, 1.807) is 18.2 Å². The first kappa shape index (κ1) is 19.2. The third kappa shape index (κ3) is 8.39. The Hall–Kier alpha value is -2.79. The first-order chi connectivity index (χ1) is 10.4. The number of nitrogens with two attached hydrogens (primary N) is 1. The number of aliphatic hydroxyl groups is 1. The fourth-order valence-electron chi connectivity index (χ4n) is 1.27. The van der Waals surface area contributed by atoms with Gasteiger partial charge in [0, 0.05) is 6.07 Å². The largest absolute Gasteiger partial charge is 0.493 e. The highest BCUT2D eigenvalue weighted by Gasteiger charge is 2.05. The van der Waals surface area contributed by atoms with E-state index in [9.17, 15) is 0 Å². The number of guanidine groups is 1. The monoisotopic (exact) mass is 318 g/mol. The second kappa shape index (κ2) is 10.9. The van der Waals surface area contributed by atoms with E-state index in [0.29, 0.717) is 17.2 Å². The number of benzene rings is 1. The van der Waals surface area contributed by atoms with Crippen LogP contribution in [0.5, 0.6) is 11.5 Å². The van der Waals surface area contributed by atoms with E-state index in [2.05, 4.69) is 15.3 Å². The maximum atomic E-state index is 8.70. The van der Waals surface area contributed by atoms with Crippen LogP contribution in [0.1, 0.15) is 0 Å². The highest BCUT2D eigenvalue weighted by atomic mass is 16.9. The number of aliphatic imine (C=N–C) groups is 1. The minimum absolute atomic E-state index is 0.0617. The minimum atomic E-state index is -1.50. The van der Waals surface area contributed by atoms with Gasteiger partial charge in [0.15, 0.2) is 11.5 Å². The van der Waals surface area contributed by atoms with Crippen molar-refractivity contribution in [2.75, 3.05) is 27.4 Å². The first-order valence-corrected chi connectivity index (χ1v) is 5.82. The lowest BCUT2D eigenvalue weighted by molar-refractivity contribution is -0.742. The normalized spacial score (nSPS) is 10.2. The number of nitrogens with one attached hydrogen (secondary N) is 1. The second-order valence-corrected chi connectivity index (χ2v) is 3.45. The maximum absolute atomic E-state index is 8.70. The van der Waals surface area contributed by atoms with E-state index in [-0.39, 0.29) is 19.2 Å². The number of hydrogen-bond acceptors (Lipinski definition) is 7. The van der Waals surface area contributed by atoms with Gasteiger partial charge in [-0.25, -0.2) is 10.5 Å². The van der Waals surface area contributed by atoms with Gasteiger partial charge in [0.05, 0.1) is 26.5 Å². The molecule has 0 amide bonds. The van der Waals surface area contributed by atoms with Crippen molar-refractivity contribution in [3.63, 3.8) is 0 Å². The van der Waals surface area contributed by atoms with Crippen molar-refractivity contribution >= 4 is 11.6 Å². The first-order valence-electron chi connectivity index (χ1n) is 5.82. The highest BCUT2D eigenvalue weighted by Crippen LogP contribution is 2.31. The molecule has 0 saturated carbocycles. The second-order valence-electron chi connectivity index (χ2n) is 3.45. The molecule has 0 bridgehead atoms. The summed E-state index contributed by atoms with van der Waals surface area (Å²) < 4.78 is 10.4. The molecule has 0 unspecified atom stereocenters. The zero-order valence-corrected chi connectivity index (χ0v) is 12.1. The van der Waals surface area contributed by atoms with Crippen LogP contribution < -0.4 is 20.7 Å². The predicted octanol–water partition coefficient (Wildman–Crippen LogP) is -0.184. The molecule has 11 nitrogen and oxygen atoms in total. The number of methoxy groups -OCH3 is 1. The van der Waals surface area contributed by atoms with Crippen LogP contribution in [0.2, 0.25) is 0 Å². The molecular weight excluding hydrogens is 300 g/mol. The molecule has 124 valence electrons. The Morgan fingerprint density at radius 1 is 1.45 bits per heavy atom. The van der Waals surface area contributed by atoms with Gasteiger partial charge >= 0.3 is 0 Å². The summed E-state index contributed by atoms with van der Waals surface area (Å²) in [7, 11) is 2.96. The molecule has 0 aliphatic carbocycles. The number of nitrogens with zero attached hydrogens (tertiary/aromatic N) is 2. The Balaban J connectivity index is 0.000000980. The van der Waals surface area contributed by atoms with E-state index in [4.69, 9.17) is 35.6 Å². The Labute approximate surface area is 126 Å². The summed E-state index contributed by atoms with van der Waals surface area (Å²) in [5.74, 6) is 1.17. The molecule has 1 aromatic carbocycles. The van der Waals surface area contributed by atoms with Crippen molar-refractivity contribution in [3.8, 4) is 11.5 Å². The zero-order chi connectivity index (χ0) is 17.0. The molecule has 0 aliphatic rings. The SMILES string of the molecule is CONC(N)=Nc1ccc(OCCO)c(OC)c1.O=[N+]([O-])O. The zero-order valence-electron chi connectivity index (χ0n) is 12.1. The van der Waals surface area contributed by atoms with Gasteiger partial charge in [-0.3, -0.25) is 4.84 Å². The molecule has 11 heteroatoms. The minimum Gasteiger partial charge on any atom is -0.493 e. The number of hydrogen-bond donors (Lipinski definition) is 4. The summed E-state index contributed by atoms with van der Waals surface area (Å²) >= 11 is 0. The average molecular weight is 318 g/mol. The van der Waals surface area contributed by atoms with E-state index in [0.717, 1.165) is 0 Å². The van der Waals surface area contributed by atoms with Crippen molar-refractivity contribution in [2.24, 2.45) is 10.7 Å². The van der Waals surface area contributed by atoms with Gasteiger partial charge in [0.2, 0.25) is 5.96 Å². The van der Waals surface area contributed by atoms with Crippen molar-refractivity contribution < 1.29 is 29.7 Å². The Bertz CT molecular complexity index is 491. The van der Waals surface area contributed by atoms with Crippen LogP contribution in [0.15, 0.2) is 23.2 Å². The molecule has 0 fully saturated rings. The van der Waals surface area contributed by atoms with E-state index in [1.165, 1.54) is 14.2 Å². The molecule has 0 aliphatic heterocycles. The van der Waals surface area contributed by atoms with Crippen LogP contribution in [0, 0.1) is 10.1 Å². The number of ether oxygens (including phenoxy) is 2. The molecule has 0 heterocycles. The topological polar surface area (TPSA) is 162 Å². The van der Waals surface area contributed by atoms with Crippen molar-refractivity contribution in [1.82, 2.24) is 5.48 Å². The Morgan fingerprint density at radius 3 is 2.59 bits per heavy atom. The summed E-state index contributed by atoms with van der Waals surface area (Å²) in [6, 6.07) is 5.06. The predicted molar refractivity (Wildman–Crippen MR) is 75.8 cm³/mol. The third-order valence-corrected chi connectivity index (χ3v) is 1.95. The fourth-order valence-corrected chi connectivity index (χ4v) is 1.27. The maximum Gasteiger partial charge on any atom is 0.291 e. The van der Waals surface area contributed by atoms with Gasteiger partial charge in [0.25, 0.3) is 5.09 Å². The van der Waals surface area contributed by atoms with Crippen LogP contribution in [-0.2, 0) is 4.84 Å². The highest BCUT2D eigenvalue weighted by molar-refractivity contribution is 5.80. The summed E-state index contributed by atoms with van der Waals surface area (Å²) in [6.45, 7) is 0.139. The van der Waals surface area contributed by atoms with Gasteiger partial charge in [-0.1, -0.05) is 0 Å². The lowest BCUT2D eigenvalue weighted by Gasteiger charge is -2.10. The lowest BCUT2D eigenvalue weighted by atomic mass is 10.3. The van der Waals surface area contributed by atoms with Gasteiger partial charge in [-0.05, 0) is 12.1 Å². The van der Waals surface area contributed by atoms with Crippen LogP contribution in [0.4, 0.5) is 5.69 Å². The van der Waals surface area contributed by atoms with Gasteiger partial charge in [0.1, 0.15) is 6.61 Å². The molecule has 0 spiro atoms. The molecule has 0 aromatic heterocycles. The molecule has 0 radical (unpaired) electrons. The molecule has 5 N–H and O–H groups in total. The Kier molecular flexibility index (Phi) is 9.55. The molecule has 0 atom stereocenters. The van der Waals surface area contributed by atoms with E-state index in [1.807, 2.05) is 0 Å². The average Bonchev–Trinajstić information content (AvgIpc) is 2.45. The summed E-state index contributed by atoms with van der Waals surface area (Å²) in [5.41, 5.74) is 8.53. The van der Waals surface area contributed by atoms with Gasteiger partial charge < -0.3 is 25.5 Å². The number of aliphatic hydroxyl groups excluding tert-OH is 1. The van der Waals surface area contributed by atoms with Crippen LogP contribution in [0.25, 0.3) is 0 Å². The fraction of sp³-hybridized carbons (Fsp3) is 0.364. The summed E-state index contributed by atoms with van der Waals surface area (Å²) in [5, 5.41) is 22.3. The van der Waals surface area contributed by atoms with E-state index < -0.39 is 5.09 Å². The summed E-state index contributed by atoms with van der Waals surface area (Å²) in [4.78, 5) is 17.0. The molecule has 0 saturated heterocycles. The number of rotatable bonds is 6.